The summed E-state index contributed by atoms with van der Waals surface area (Å²) in [7, 11) is 8.21. The number of pyridine rings is 1. The van der Waals surface area contributed by atoms with E-state index in [9.17, 15) is 0 Å². The molecule has 3 aromatic rings. The third-order valence-electron chi connectivity index (χ3n) is 4.20. The number of fused-ring (bicyclic) bond motifs is 1. The van der Waals surface area contributed by atoms with E-state index in [0.29, 0.717) is 6.61 Å². The Bertz CT molecular complexity index is 839. The van der Waals surface area contributed by atoms with Crippen molar-refractivity contribution in [3.05, 3.63) is 42.6 Å². The molecule has 0 atom stereocenters. The molecular formula is C20H27N5O. The number of benzene rings is 1. The number of hydrogen-bond donors (Lipinski definition) is 0. The molecular weight excluding hydrogens is 326 g/mol. The van der Waals surface area contributed by atoms with Crippen molar-refractivity contribution < 1.29 is 4.74 Å². The highest BCUT2D eigenvalue weighted by Crippen LogP contribution is 2.28. The smallest absolute Gasteiger partial charge is 0.158 e. The molecule has 0 saturated carbocycles. The number of nitrogens with zero attached hydrogens (tertiary/aromatic N) is 5. The van der Waals surface area contributed by atoms with Gasteiger partial charge in [-0.2, -0.15) is 5.10 Å². The number of rotatable bonds is 8. The molecule has 0 saturated heterocycles. The highest BCUT2D eigenvalue weighted by atomic mass is 16.5. The van der Waals surface area contributed by atoms with Gasteiger partial charge in [0.15, 0.2) is 5.65 Å². The van der Waals surface area contributed by atoms with Gasteiger partial charge in [-0.1, -0.05) is 0 Å². The first-order chi connectivity index (χ1) is 12.5. The van der Waals surface area contributed by atoms with Crippen molar-refractivity contribution in [1.29, 1.82) is 0 Å². The Morgan fingerprint density at radius 1 is 0.962 bits per heavy atom. The van der Waals surface area contributed by atoms with Crippen LogP contribution < -0.4 is 4.74 Å². The molecule has 0 spiro atoms. The second-order valence-corrected chi connectivity index (χ2v) is 6.93. The molecule has 26 heavy (non-hydrogen) atoms. The summed E-state index contributed by atoms with van der Waals surface area (Å²) in [5.74, 6) is 0.880. The van der Waals surface area contributed by atoms with Crippen LogP contribution in [0, 0.1) is 0 Å². The van der Waals surface area contributed by atoms with Crippen LogP contribution in [-0.4, -0.2) is 72.5 Å². The van der Waals surface area contributed by atoms with E-state index in [-0.39, 0.29) is 0 Å². The van der Waals surface area contributed by atoms with E-state index in [1.54, 1.807) is 0 Å². The van der Waals surface area contributed by atoms with Gasteiger partial charge in [0.25, 0.3) is 0 Å². The minimum Gasteiger partial charge on any atom is -0.492 e. The topological polar surface area (TPSA) is 46.4 Å². The Kier molecular flexibility index (Phi) is 5.85. The average molecular weight is 353 g/mol. The van der Waals surface area contributed by atoms with E-state index in [2.05, 4.69) is 47.1 Å². The normalized spacial score (nSPS) is 11.6. The number of aromatic nitrogens is 3. The Morgan fingerprint density at radius 2 is 1.69 bits per heavy atom. The first kappa shape index (κ1) is 18.4. The van der Waals surface area contributed by atoms with Crippen LogP contribution in [0.5, 0.6) is 5.75 Å². The van der Waals surface area contributed by atoms with Crippen LogP contribution in [0.1, 0.15) is 0 Å². The monoisotopic (exact) mass is 353 g/mol. The second-order valence-electron chi connectivity index (χ2n) is 6.93. The van der Waals surface area contributed by atoms with Gasteiger partial charge in [-0.25, -0.2) is 9.67 Å². The van der Waals surface area contributed by atoms with Crippen molar-refractivity contribution in [3.8, 4) is 17.0 Å². The second kappa shape index (κ2) is 8.29. The zero-order valence-corrected chi connectivity index (χ0v) is 16.0. The van der Waals surface area contributed by atoms with Crippen LogP contribution >= 0.6 is 0 Å². The molecule has 1 aromatic carbocycles. The van der Waals surface area contributed by atoms with Crippen molar-refractivity contribution in [3.63, 3.8) is 0 Å². The molecule has 0 unspecified atom stereocenters. The predicted molar refractivity (Wildman–Crippen MR) is 106 cm³/mol. The predicted octanol–water partition coefficient (Wildman–Crippen LogP) is 2.60. The lowest BCUT2D eigenvalue weighted by Crippen LogP contribution is -2.19. The van der Waals surface area contributed by atoms with Gasteiger partial charge >= 0.3 is 0 Å². The van der Waals surface area contributed by atoms with Gasteiger partial charge in [0.05, 0.1) is 6.54 Å². The summed E-state index contributed by atoms with van der Waals surface area (Å²) in [5.41, 5.74) is 2.97. The molecule has 0 amide bonds. The van der Waals surface area contributed by atoms with E-state index in [4.69, 9.17) is 9.84 Å². The Hall–Kier alpha value is -2.44. The highest BCUT2D eigenvalue weighted by molar-refractivity contribution is 5.91. The van der Waals surface area contributed by atoms with Gasteiger partial charge in [-0.3, -0.25) is 0 Å². The lowest BCUT2D eigenvalue weighted by Gasteiger charge is -2.11. The van der Waals surface area contributed by atoms with Gasteiger partial charge in [-0.15, -0.1) is 0 Å². The van der Waals surface area contributed by atoms with Crippen LogP contribution in [0.25, 0.3) is 22.3 Å². The van der Waals surface area contributed by atoms with E-state index in [0.717, 1.165) is 47.7 Å². The van der Waals surface area contributed by atoms with Gasteiger partial charge in [-0.05, 0) is 64.6 Å². The fourth-order valence-corrected chi connectivity index (χ4v) is 2.73. The van der Waals surface area contributed by atoms with Crippen LogP contribution in [0.4, 0.5) is 0 Å². The molecule has 2 heterocycles. The SMILES string of the molecule is CN(C)CCOc1ccc(-c2nn(CCN(C)C)c3ncccc23)cc1. The van der Waals surface area contributed by atoms with Gasteiger partial charge in [0, 0.05) is 30.2 Å². The largest absolute Gasteiger partial charge is 0.492 e. The number of hydrogen-bond acceptors (Lipinski definition) is 5. The Labute approximate surface area is 155 Å². The molecule has 0 bridgehead atoms. The first-order valence-electron chi connectivity index (χ1n) is 8.89. The van der Waals surface area contributed by atoms with E-state index in [1.165, 1.54) is 0 Å². The molecule has 138 valence electrons. The van der Waals surface area contributed by atoms with Crippen LogP contribution in [0.2, 0.25) is 0 Å². The zero-order valence-electron chi connectivity index (χ0n) is 16.0. The standard InChI is InChI=1S/C20H27N5O/c1-23(2)12-13-25-20-18(6-5-11-21-20)19(22-25)16-7-9-17(10-8-16)26-15-14-24(3)4/h5-11H,12-15H2,1-4H3. The highest BCUT2D eigenvalue weighted by Gasteiger charge is 2.13. The van der Waals surface area contributed by atoms with Gasteiger partial charge in [0.1, 0.15) is 18.1 Å². The summed E-state index contributed by atoms with van der Waals surface area (Å²) in [5, 5.41) is 5.90. The molecule has 3 rings (SSSR count). The third kappa shape index (κ3) is 4.39. The summed E-state index contributed by atoms with van der Waals surface area (Å²) in [4.78, 5) is 8.79. The van der Waals surface area contributed by atoms with Crippen LogP contribution in [0.3, 0.4) is 0 Å². The molecule has 6 nitrogen and oxygen atoms in total. The quantitative estimate of drug-likeness (QED) is 0.623. The molecule has 0 aliphatic carbocycles. The lowest BCUT2D eigenvalue weighted by molar-refractivity contribution is 0.261. The lowest BCUT2D eigenvalue weighted by atomic mass is 10.1. The average Bonchev–Trinajstić information content (AvgIpc) is 2.99. The fourth-order valence-electron chi connectivity index (χ4n) is 2.73. The summed E-state index contributed by atoms with van der Waals surface area (Å²) >= 11 is 0. The molecule has 2 aromatic heterocycles. The minimum absolute atomic E-state index is 0.679. The summed E-state index contributed by atoms with van der Waals surface area (Å²) < 4.78 is 7.77. The summed E-state index contributed by atoms with van der Waals surface area (Å²) in [6.07, 6.45) is 1.82. The molecule has 0 fully saturated rings. The fraction of sp³-hybridized carbons (Fsp3) is 0.400. The van der Waals surface area contributed by atoms with Gasteiger partial charge in [0.2, 0.25) is 0 Å². The Morgan fingerprint density at radius 3 is 2.38 bits per heavy atom. The van der Waals surface area contributed by atoms with Crippen molar-refractivity contribution in [2.24, 2.45) is 0 Å². The molecule has 0 N–H and O–H groups in total. The van der Waals surface area contributed by atoms with Crippen LogP contribution in [-0.2, 0) is 6.54 Å². The first-order valence-corrected chi connectivity index (χ1v) is 8.89. The number of ether oxygens (including phenoxy) is 1. The van der Waals surface area contributed by atoms with Gasteiger partial charge < -0.3 is 14.5 Å². The maximum Gasteiger partial charge on any atom is 0.158 e. The third-order valence-corrected chi connectivity index (χ3v) is 4.20. The molecule has 0 aliphatic rings. The molecule has 6 heteroatoms. The Balaban J connectivity index is 1.83. The molecule has 0 aliphatic heterocycles. The van der Waals surface area contributed by atoms with E-state index < -0.39 is 0 Å². The van der Waals surface area contributed by atoms with Crippen molar-refractivity contribution in [2.45, 2.75) is 6.54 Å². The summed E-state index contributed by atoms with van der Waals surface area (Å²) in [6.45, 7) is 3.31. The van der Waals surface area contributed by atoms with Crippen molar-refractivity contribution in [2.75, 3.05) is 47.9 Å². The maximum atomic E-state index is 5.78. The van der Waals surface area contributed by atoms with E-state index in [1.807, 2.05) is 43.2 Å². The maximum absolute atomic E-state index is 5.78. The van der Waals surface area contributed by atoms with E-state index >= 15 is 0 Å². The van der Waals surface area contributed by atoms with Crippen molar-refractivity contribution >= 4 is 11.0 Å². The molecule has 0 radical (unpaired) electrons. The zero-order chi connectivity index (χ0) is 18.5. The van der Waals surface area contributed by atoms with Crippen molar-refractivity contribution in [1.82, 2.24) is 24.6 Å². The number of likely N-dealkylation sites (N-methyl/N-ethyl adjacent to an activating group) is 2. The summed E-state index contributed by atoms with van der Waals surface area (Å²) in [6, 6.07) is 12.2. The van der Waals surface area contributed by atoms with Crippen LogP contribution in [0.15, 0.2) is 42.6 Å². The minimum atomic E-state index is 0.679.